The van der Waals surface area contributed by atoms with Gasteiger partial charge in [-0.1, -0.05) is 42.5 Å². The number of nitrogens with zero attached hydrogens (tertiary/aromatic N) is 3. The van der Waals surface area contributed by atoms with Gasteiger partial charge < -0.3 is 21.1 Å². The highest BCUT2D eigenvalue weighted by Crippen LogP contribution is 2.41. The lowest BCUT2D eigenvalue weighted by Gasteiger charge is -2.33. The minimum absolute atomic E-state index is 0.0448. The maximum atomic E-state index is 6.28. The van der Waals surface area contributed by atoms with Crippen molar-refractivity contribution in [1.29, 1.82) is 0 Å². The van der Waals surface area contributed by atoms with Crippen molar-refractivity contribution in [3.8, 4) is 0 Å². The predicted octanol–water partition coefficient (Wildman–Crippen LogP) is 2.51. The molecular weight excluding hydrogens is 338 g/mol. The normalized spacial score (nSPS) is 20.7. The van der Waals surface area contributed by atoms with Gasteiger partial charge in [-0.2, -0.15) is 0 Å². The lowest BCUT2D eigenvalue weighted by atomic mass is 9.93. The van der Waals surface area contributed by atoms with E-state index in [-0.39, 0.29) is 12.1 Å². The topological polar surface area (TPSA) is 89.2 Å². The Morgan fingerprint density at radius 3 is 2.56 bits per heavy atom. The van der Waals surface area contributed by atoms with Crippen LogP contribution in [0, 0.1) is 0 Å². The van der Waals surface area contributed by atoms with Crippen LogP contribution in [0.4, 0.5) is 5.69 Å². The lowest BCUT2D eigenvalue weighted by molar-refractivity contribution is 0.174. The first-order valence-electron chi connectivity index (χ1n) is 9.33. The van der Waals surface area contributed by atoms with E-state index >= 15 is 0 Å². The van der Waals surface area contributed by atoms with E-state index in [9.17, 15) is 0 Å². The first-order chi connectivity index (χ1) is 13.2. The summed E-state index contributed by atoms with van der Waals surface area (Å²) in [6.07, 6.45) is 0. The van der Waals surface area contributed by atoms with Gasteiger partial charge in [0.05, 0.1) is 11.7 Å². The quantitative estimate of drug-likeness (QED) is 0.825. The summed E-state index contributed by atoms with van der Waals surface area (Å²) in [6, 6.07) is 16.4. The number of aliphatic imine (C=N–C) groups is 2. The van der Waals surface area contributed by atoms with Crippen molar-refractivity contribution in [1.82, 2.24) is 4.90 Å². The molecule has 140 valence electrons. The van der Waals surface area contributed by atoms with Crippen LogP contribution in [-0.2, 0) is 17.8 Å². The molecule has 2 aromatic rings. The molecule has 2 aliphatic rings. The van der Waals surface area contributed by atoms with Crippen LogP contribution in [0.5, 0.6) is 0 Å². The van der Waals surface area contributed by atoms with E-state index < -0.39 is 0 Å². The van der Waals surface area contributed by atoms with Gasteiger partial charge in [-0.05, 0) is 24.1 Å². The summed E-state index contributed by atoms with van der Waals surface area (Å²) in [7, 11) is 0. The second-order valence-corrected chi connectivity index (χ2v) is 6.82. The molecular formula is C21H25N5O. The maximum Gasteiger partial charge on any atom is 0.134 e. The molecule has 0 bridgehead atoms. The summed E-state index contributed by atoms with van der Waals surface area (Å²) in [5.41, 5.74) is 16.4. The van der Waals surface area contributed by atoms with Gasteiger partial charge >= 0.3 is 0 Å². The molecule has 0 fully saturated rings. The molecule has 0 saturated heterocycles. The van der Waals surface area contributed by atoms with Gasteiger partial charge in [0, 0.05) is 25.3 Å². The van der Waals surface area contributed by atoms with Crippen molar-refractivity contribution in [3.05, 3.63) is 65.2 Å². The molecule has 2 atom stereocenters. The van der Waals surface area contributed by atoms with E-state index in [0.29, 0.717) is 25.6 Å². The standard InChI is InChI=1S/C21H25N5O/c1-2-27-13-18-25-19-20(16-5-3-4-6-17(16)24-21(19)23)26(18)12-15-9-7-14(11-22)8-10-15/h3-10,19-20H,2,11-13,22H2,1H3,(H2,23,24). The third-order valence-electron chi connectivity index (χ3n) is 5.11. The Morgan fingerprint density at radius 1 is 1.07 bits per heavy atom. The number of para-hydroxylation sites is 1. The van der Waals surface area contributed by atoms with Gasteiger partial charge in [-0.15, -0.1) is 0 Å². The van der Waals surface area contributed by atoms with Gasteiger partial charge in [-0.25, -0.2) is 4.99 Å². The molecule has 0 aliphatic carbocycles. The van der Waals surface area contributed by atoms with Crippen LogP contribution in [0.1, 0.15) is 29.7 Å². The van der Waals surface area contributed by atoms with E-state index in [1.807, 2.05) is 25.1 Å². The number of hydrogen-bond donors (Lipinski definition) is 2. The Morgan fingerprint density at radius 2 is 1.81 bits per heavy atom. The molecule has 27 heavy (non-hydrogen) atoms. The SMILES string of the molecule is CCOCC1=NC2C(N)=Nc3ccccc3C2N1Cc1ccc(CN)cc1. The zero-order valence-electron chi connectivity index (χ0n) is 15.5. The summed E-state index contributed by atoms with van der Waals surface area (Å²) >= 11 is 0. The summed E-state index contributed by atoms with van der Waals surface area (Å²) in [5, 5.41) is 0. The number of benzene rings is 2. The molecule has 2 unspecified atom stereocenters. The molecule has 0 aromatic heterocycles. The van der Waals surface area contributed by atoms with Gasteiger partial charge in [0.15, 0.2) is 0 Å². The second kappa shape index (κ2) is 7.50. The Labute approximate surface area is 159 Å². The van der Waals surface area contributed by atoms with Crippen molar-refractivity contribution in [3.63, 3.8) is 0 Å². The number of amidine groups is 2. The lowest BCUT2D eigenvalue weighted by Crippen LogP contribution is -2.40. The zero-order chi connectivity index (χ0) is 18.8. The fourth-order valence-corrected chi connectivity index (χ4v) is 3.73. The van der Waals surface area contributed by atoms with E-state index in [4.69, 9.17) is 21.2 Å². The Balaban J connectivity index is 1.69. The highest BCUT2D eigenvalue weighted by atomic mass is 16.5. The van der Waals surface area contributed by atoms with Crippen LogP contribution >= 0.6 is 0 Å². The maximum absolute atomic E-state index is 6.28. The minimum atomic E-state index is -0.168. The van der Waals surface area contributed by atoms with E-state index in [1.54, 1.807) is 0 Å². The van der Waals surface area contributed by atoms with Crippen LogP contribution in [0.3, 0.4) is 0 Å². The van der Waals surface area contributed by atoms with Crippen LogP contribution in [0.2, 0.25) is 0 Å². The van der Waals surface area contributed by atoms with Crippen molar-refractivity contribution in [2.24, 2.45) is 21.5 Å². The molecule has 2 heterocycles. The summed E-state index contributed by atoms with van der Waals surface area (Å²) in [5.74, 6) is 1.48. The molecule has 2 aliphatic heterocycles. The smallest absolute Gasteiger partial charge is 0.134 e. The molecule has 6 heteroatoms. The zero-order valence-corrected chi connectivity index (χ0v) is 15.5. The van der Waals surface area contributed by atoms with Crippen molar-refractivity contribution in [2.75, 3.05) is 13.2 Å². The number of fused-ring (bicyclic) bond motifs is 3. The average Bonchev–Trinajstić information content (AvgIpc) is 3.06. The molecule has 0 amide bonds. The second-order valence-electron chi connectivity index (χ2n) is 6.82. The highest BCUT2D eigenvalue weighted by Gasteiger charge is 2.42. The Hall–Kier alpha value is -2.70. The third-order valence-corrected chi connectivity index (χ3v) is 5.11. The van der Waals surface area contributed by atoms with Crippen molar-refractivity contribution >= 4 is 17.4 Å². The molecule has 0 saturated carbocycles. The number of ether oxygens (including phenoxy) is 1. The number of rotatable bonds is 6. The van der Waals surface area contributed by atoms with E-state index in [0.717, 1.165) is 29.2 Å². The molecule has 6 nitrogen and oxygen atoms in total. The largest absolute Gasteiger partial charge is 0.385 e. The van der Waals surface area contributed by atoms with Crippen LogP contribution < -0.4 is 11.5 Å². The van der Waals surface area contributed by atoms with Crippen LogP contribution in [0.15, 0.2) is 58.5 Å². The summed E-state index contributed by atoms with van der Waals surface area (Å²) < 4.78 is 5.68. The number of nitrogens with two attached hydrogens (primary N) is 2. The van der Waals surface area contributed by atoms with Gasteiger partial charge in [-0.3, -0.25) is 4.99 Å². The summed E-state index contributed by atoms with van der Waals surface area (Å²) in [4.78, 5) is 11.8. The number of hydrogen-bond acceptors (Lipinski definition) is 6. The predicted molar refractivity (Wildman–Crippen MR) is 108 cm³/mol. The van der Waals surface area contributed by atoms with Crippen LogP contribution in [0.25, 0.3) is 0 Å². The molecule has 2 aromatic carbocycles. The fraction of sp³-hybridized carbons (Fsp3) is 0.333. The van der Waals surface area contributed by atoms with Gasteiger partial charge in [0.25, 0.3) is 0 Å². The summed E-state index contributed by atoms with van der Waals surface area (Å²) in [6.45, 7) is 4.39. The average molecular weight is 363 g/mol. The molecule has 0 spiro atoms. The molecule has 0 radical (unpaired) electrons. The van der Waals surface area contributed by atoms with Crippen molar-refractivity contribution in [2.45, 2.75) is 32.1 Å². The van der Waals surface area contributed by atoms with Crippen LogP contribution in [-0.4, -0.2) is 35.8 Å². The third kappa shape index (κ3) is 3.34. The molecule has 4 rings (SSSR count). The first-order valence-corrected chi connectivity index (χ1v) is 9.33. The Bertz CT molecular complexity index is 874. The van der Waals surface area contributed by atoms with E-state index in [1.165, 1.54) is 5.56 Å². The van der Waals surface area contributed by atoms with E-state index in [2.05, 4.69) is 40.2 Å². The minimum Gasteiger partial charge on any atom is -0.385 e. The molecule has 4 N–H and O–H groups in total. The van der Waals surface area contributed by atoms with Gasteiger partial charge in [0.2, 0.25) is 0 Å². The fourth-order valence-electron chi connectivity index (χ4n) is 3.73. The Kier molecular flexibility index (Phi) is 4.92. The monoisotopic (exact) mass is 363 g/mol. The first kappa shape index (κ1) is 17.7. The van der Waals surface area contributed by atoms with Crippen molar-refractivity contribution < 1.29 is 4.74 Å². The van der Waals surface area contributed by atoms with Gasteiger partial charge in [0.1, 0.15) is 24.3 Å². The highest BCUT2D eigenvalue weighted by molar-refractivity contribution is 5.98.